The van der Waals surface area contributed by atoms with Crippen LogP contribution in [0.15, 0.2) is 54.6 Å². The number of amides is 1. The van der Waals surface area contributed by atoms with Crippen LogP contribution in [0.3, 0.4) is 0 Å². The minimum Gasteiger partial charge on any atom is -0.347 e. The van der Waals surface area contributed by atoms with Crippen LogP contribution in [-0.2, 0) is 4.79 Å². The van der Waals surface area contributed by atoms with E-state index in [-0.39, 0.29) is 17.1 Å². The zero-order chi connectivity index (χ0) is 20.7. The maximum absolute atomic E-state index is 13.5. The fraction of sp³-hybridized carbons (Fsp3) is 0.400. The van der Waals surface area contributed by atoms with Crippen molar-refractivity contribution in [3.63, 3.8) is 0 Å². The lowest BCUT2D eigenvalue weighted by atomic mass is 9.53. The van der Waals surface area contributed by atoms with Gasteiger partial charge >= 0.3 is 0 Å². The number of nitro groups is 1. The molecule has 1 amide bonds. The number of non-ortho nitro benzene ring substituents is 1. The van der Waals surface area contributed by atoms with Gasteiger partial charge in [0.05, 0.1) is 4.92 Å². The molecule has 0 aromatic heterocycles. The standard InChI is InChI=1S/C25H26N2O3/c28-24(26-25-14-18-9-19(15-25)11-20(10-18)16-25)23(21-6-2-1-3-7-21)13-17-5-4-8-22(12-17)27(29)30/h1-8,12-13,18-20H,9-11,14-16H2,(H,26,28)/b23-13+. The molecule has 2 aromatic carbocycles. The molecule has 4 aliphatic rings. The van der Waals surface area contributed by atoms with Crippen LogP contribution in [-0.4, -0.2) is 16.4 Å². The van der Waals surface area contributed by atoms with Gasteiger partial charge in [-0.05, 0) is 73.5 Å². The van der Waals surface area contributed by atoms with Crippen molar-refractivity contribution in [3.05, 3.63) is 75.8 Å². The van der Waals surface area contributed by atoms with Gasteiger partial charge in [0, 0.05) is 23.2 Å². The molecule has 4 fully saturated rings. The van der Waals surface area contributed by atoms with Crippen LogP contribution in [0.2, 0.25) is 0 Å². The molecule has 0 heterocycles. The molecule has 4 aliphatic carbocycles. The molecule has 30 heavy (non-hydrogen) atoms. The van der Waals surface area contributed by atoms with Gasteiger partial charge in [0.1, 0.15) is 0 Å². The molecule has 0 spiro atoms. The van der Waals surface area contributed by atoms with E-state index >= 15 is 0 Å². The summed E-state index contributed by atoms with van der Waals surface area (Å²) >= 11 is 0. The molecule has 0 radical (unpaired) electrons. The Morgan fingerprint density at radius 2 is 1.60 bits per heavy atom. The lowest BCUT2D eigenvalue weighted by Crippen LogP contribution is -2.59. The molecule has 0 atom stereocenters. The number of rotatable bonds is 5. The molecule has 5 heteroatoms. The topological polar surface area (TPSA) is 72.2 Å². The second-order valence-electron chi connectivity index (χ2n) is 9.43. The van der Waals surface area contributed by atoms with E-state index in [1.54, 1.807) is 18.2 Å². The third-order valence-corrected chi connectivity index (χ3v) is 7.14. The molecule has 1 N–H and O–H groups in total. The van der Waals surface area contributed by atoms with Crippen LogP contribution < -0.4 is 5.32 Å². The van der Waals surface area contributed by atoms with Gasteiger partial charge < -0.3 is 5.32 Å². The molecule has 0 saturated heterocycles. The van der Waals surface area contributed by atoms with E-state index in [4.69, 9.17) is 0 Å². The lowest BCUT2D eigenvalue weighted by molar-refractivity contribution is -0.384. The summed E-state index contributed by atoms with van der Waals surface area (Å²) in [6.45, 7) is 0. The van der Waals surface area contributed by atoms with E-state index < -0.39 is 4.92 Å². The summed E-state index contributed by atoms with van der Waals surface area (Å²) in [4.78, 5) is 24.3. The number of nitro benzene ring substituents is 1. The van der Waals surface area contributed by atoms with Crippen molar-refractivity contribution in [3.8, 4) is 0 Å². The van der Waals surface area contributed by atoms with Crippen LogP contribution in [0.25, 0.3) is 11.6 Å². The Morgan fingerprint density at radius 1 is 0.967 bits per heavy atom. The van der Waals surface area contributed by atoms with E-state index in [1.165, 1.54) is 31.4 Å². The summed E-state index contributed by atoms with van der Waals surface area (Å²) in [5, 5.41) is 14.6. The fourth-order valence-electron chi connectivity index (χ4n) is 6.36. The van der Waals surface area contributed by atoms with Gasteiger partial charge in [-0.3, -0.25) is 14.9 Å². The Kier molecular flexibility index (Phi) is 4.69. The van der Waals surface area contributed by atoms with E-state index in [0.29, 0.717) is 11.1 Å². The smallest absolute Gasteiger partial charge is 0.270 e. The minimum atomic E-state index is -0.408. The second kappa shape index (κ2) is 7.38. The van der Waals surface area contributed by atoms with Crippen molar-refractivity contribution >= 4 is 23.2 Å². The number of hydrogen-bond acceptors (Lipinski definition) is 3. The highest BCUT2D eigenvalue weighted by atomic mass is 16.6. The van der Waals surface area contributed by atoms with Crippen molar-refractivity contribution in [2.24, 2.45) is 17.8 Å². The van der Waals surface area contributed by atoms with E-state index in [1.807, 2.05) is 30.3 Å². The van der Waals surface area contributed by atoms with E-state index in [0.717, 1.165) is 42.6 Å². The van der Waals surface area contributed by atoms with Gasteiger partial charge in [-0.1, -0.05) is 42.5 Å². The molecule has 0 unspecified atom stereocenters. The van der Waals surface area contributed by atoms with Crippen molar-refractivity contribution in [1.82, 2.24) is 5.32 Å². The average Bonchev–Trinajstić information content (AvgIpc) is 2.71. The summed E-state index contributed by atoms with van der Waals surface area (Å²) < 4.78 is 0. The minimum absolute atomic E-state index is 0.0256. The molecule has 4 saturated carbocycles. The highest BCUT2D eigenvalue weighted by Gasteiger charge is 2.51. The lowest BCUT2D eigenvalue weighted by Gasteiger charge is -2.57. The maximum atomic E-state index is 13.5. The Morgan fingerprint density at radius 3 is 2.20 bits per heavy atom. The SMILES string of the molecule is O=C(NC12CC3CC(CC(C3)C1)C2)/C(=C/c1cccc([N+](=O)[O-])c1)c1ccccc1. The third-order valence-electron chi connectivity index (χ3n) is 7.14. The van der Waals surface area contributed by atoms with Gasteiger partial charge in [0.25, 0.3) is 11.6 Å². The highest BCUT2D eigenvalue weighted by molar-refractivity contribution is 6.24. The maximum Gasteiger partial charge on any atom is 0.270 e. The largest absolute Gasteiger partial charge is 0.347 e. The van der Waals surface area contributed by atoms with Crippen LogP contribution in [0.4, 0.5) is 5.69 Å². The third kappa shape index (κ3) is 3.64. The number of nitrogens with one attached hydrogen (secondary N) is 1. The Labute approximate surface area is 176 Å². The Balaban J connectivity index is 1.47. The van der Waals surface area contributed by atoms with Crippen molar-refractivity contribution in [2.75, 3.05) is 0 Å². The average molecular weight is 402 g/mol. The predicted molar refractivity (Wildman–Crippen MR) is 116 cm³/mol. The Bertz CT molecular complexity index is 977. The summed E-state index contributed by atoms with van der Waals surface area (Å²) in [6.07, 6.45) is 9.01. The second-order valence-corrected chi connectivity index (χ2v) is 9.43. The van der Waals surface area contributed by atoms with Crippen molar-refractivity contribution in [1.29, 1.82) is 0 Å². The molecule has 2 aromatic rings. The normalized spacial score (nSPS) is 29.6. The predicted octanol–water partition coefficient (Wildman–Crippen LogP) is 5.22. The van der Waals surface area contributed by atoms with E-state index in [2.05, 4.69) is 5.32 Å². The van der Waals surface area contributed by atoms with Gasteiger partial charge in [-0.25, -0.2) is 0 Å². The summed E-state index contributed by atoms with van der Waals surface area (Å²) in [7, 11) is 0. The monoisotopic (exact) mass is 402 g/mol. The number of nitrogens with zero attached hydrogens (tertiary/aromatic N) is 1. The van der Waals surface area contributed by atoms with Crippen LogP contribution in [0.5, 0.6) is 0 Å². The first-order valence-corrected chi connectivity index (χ1v) is 10.8. The number of hydrogen-bond donors (Lipinski definition) is 1. The Hall–Kier alpha value is -2.95. The zero-order valence-electron chi connectivity index (χ0n) is 16.9. The molecular weight excluding hydrogens is 376 g/mol. The van der Waals surface area contributed by atoms with E-state index in [9.17, 15) is 14.9 Å². The fourth-order valence-corrected chi connectivity index (χ4v) is 6.36. The van der Waals surface area contributed by atoms with Gasteiger partial charge in [0.15, 0.2) is 0 Å². The highest BCUT2D eigenvalue weighted by Crippen LogP contribution is 2.55. The van der Waals surface area contributed by atoms with Crippen LogP contribution in [0, 0.1) is 27.9 Å². The molecule has 6 rings (SSSR count). The van der Waals surface area contributed by atoms with Crippen molar-refractivity contribution in [2.45, 2.75) is 44.1 Å². The molecular formula is C25H26N2O3. The number of benzene rings is 2. The zero-order valence-corrected chi connectivity index (χ0v) is 16.9. The first kappa shape index (κ1) is 19.0. The quantitative estimate of drug-likeness (QED) is 0.322. The van der Waals surface area contributed by atoms with Gasteiger partial charge in [-0.2, -0.15) is 0 Å². The first-order chi connectivity index (χ1) is 14.5. The number of carbonyl (C=O) groups excluding carboxylic acids is 1. The number of carbonyl (C=O) groups is 1. The molecule has 154 valence electrons. The van der Waals surface area contributed by atoms with Crippen LogP contribution in [0.1, 0.15) is 49.7 Å². The van der Waals surface area contributed by atoms with Crippen molar-refractivity contribution < 1.29 is 9.72 Å². The molecule has 0 aliphatic heterocycles. The summed E-state index contributed by atoms with van der Waals surface area (Å²) in [5.74, 6) is 2.17. The summed E-state index contributed by atoms with van der Waals surface area (Å²) in [6, 6.07) is 16.0. The first-order valence-electron chi connectivity index (χ1n) is 10.8. The van der Waals surface area contributed by atoms with Gasteiger partial charge in [-0.15, -0.1) is 0 Å². The molecule has 5 nitrogen and oxygen atoms in total. The van der Waals surface area contributed by atoms with Gasteiger partial charge in [0.2, 0.25) is 0 Å². The molecule has 4 bridgehead atoms. The van der Waals surface area contributed by atoms with Crippen LogP contribution >= 0.6 is 0 Å². The summed E-state index contributed by atoms with van der Waals surface area (Å²) in [5.41, 5.74) is 1.99.